The van der Waals surface area contributed by atoms with Crippen LogP contribution in [0.1, 0.15) is 5.56 Å². The monoisotopic (exact) mass is 200 g/mol. The van der Waals surface area contributed by atoms with Gasteiger partial charge in [0.05, 0.1) is 12.6 Å². The summed E-state index contributed by atoms with van der Waals surface area (Å²) in [5.41, 5.74) is 2.20. The van der Waals surface area contributed by atoms with Gasteiger partial charge in [0.1, 0.15) is 5.92 Å². The number of Topliss-reactive ketones (excluding diaryl/α,β-unsaturated/α-hetero) is 1. The van der Waals surface area contributed by atoms with E-state index in [4.69, 9.17) is 5.26 Å². The van der Waals surface area contributed by atoms with E-state index in [1.165, 1.54) is 5.56 Å². The molecule has 0 aromatic heterocycles. The van der Waals surface area contributed by atoms with Crippen molar-refractivity contribution in [1.82, 2.24) is 0 Å². The van der Waals surface area contributed by atoms with Crippen LogP contribution >= 0.6 is 0 Å². The molecule has 2 rings (SSSR count). The Balaban J connectivity index is 2.21. The SMILES string of the molecule is Cc1cccc(N2CC(=O)[C@@H](C#N)C2)c1. The molecule has 1 heterocycles. The van der Waals surface area contributed by atoms with Gasteiger partial charge < -0.3 is 4.90 Å². The number of carbonyl (C=O) groups excluding carboxylic acids is 1. The van der Waals surface area contributed by atoms with Crippen molar-refractivity contribution >= 4 is 11.5 Å². The molecule has 0 saturated carbocycles. The van der Waals surface area contributed by atoms with Crippen LogP contribution in [0.15, 0.2) is 24.3 Å². The molecule has 3 heteroatoms. The highest BCUT2D eigenvalue weighted by atomic mass is 16.1. The molecular weight excluding hydrogens is 188 g/mol. The van der Waals surface area contributed by atoms with Crippen molar-refractivity contribution in [2.24, 2.45) is 5.92 Å². The second-order valence-electron chi connectivity index (χ2n) is 3.87. The standard InChI is InChI=1S/C12H12N2O/c1-9-3-2-4-11(5-9)14-7-10(6-13)12(15)8-14/h2-5,10H,7-8H2,1H3/t10-/m0/s1. The fourth-order valence-electron chi connectivity index (χ4n) is 1.82. The molecule has 1 fully saturated rings. The van der Waals surface area contributed by atoms with Crippen molar-refractivity contribution in [1.29, 1.82) is 5.26 Å². The molecule has 1 atom stereocenters. The highest BCUT2D eigenvalue weighted by Gasteiger charge is 2.30. The van der Waals surface area contributed by atoms with E-state index in [-0.39, 0.29) is 5.78 Å². The normalized spacial score (nSPS) is 20.4. The van der Waals surface area contributed by atoms with Gasteiger partial charge in [0.15, 0.2) is 5.78 Å². The van der Waals surface area contributed by atoms with Crippen LogP contribution in [0, 0.1) is 24.2 Å². The number of benzene rings is 1. The van der Waals surface area contributed by atoms with Crippen LogP contribution in [-0.2, 0) is 4.79 Å². The molecule has 0 unspecified atom stereocenters. The molecule has 3 nitrogen and oxygen atoms in total. The van der Waals surface area contributed by atoms with Crippen LogP contribution in [0.5, 0.6) is 0 Å². The van der Waals surface area contributed by atoms with E-state index in [2.05, 4.69) is 0 Å². The highest BCUT2D eigenvalue weighted by molar-refractivity contribution is 5.91. The number of ketones is 1. The first kappa shape index (κ1) is 9.72. The second kappa shape index (κ2) is 3.74. The maximum absolute atomic E-state index is 11.4. The molecule has 0 amide bonds. The van der Waals surface area contributed by atoms with Gasteiger partial charge in [0, 0.05) is 12.2 Å². The zero-order valence-corrected chi connectivity index (χ0v) is 8.60. The minimum absolute atomic E-state index is 0.0269. The molecule has 1 aromatic rings. The first-order valence-electron chi connectivity index (χ1n) is 4.94. The van der Waals surface area contributed by atoms with Gasteiger partial charge in [-0.2, -0.15) is 5.26 Å². The molecule has 0 aliphatic carbocycles. The fraction of sp³-hybridized carbons (Fsp3) is 0.333. The van der Waals surface area contributed by atoms with Gasteiger partial charge in [-0.05, 0) is 24.6 Å². The number of hydrogen-bond donors (Lipinski definition) is 0. The minimum Gasteiger partial charge on any atom is -0.362 e. The van der Waals surface area contributed by atoms with Crippen molar-refractivity contribution in [3.05, 3.63) is 29.8 Å². The molecular formula is C12H12N2O. The molecule has 1 aliphatic heterocycles. The van der Waals surface area contributed by atoms with Gasteiger partial charge in [-0.25, -0.2) is 0 Å². The van der Waals surface area contributed by atoms with E-state index in [1.54, 1.807) is 0 Å². The topological polar surface area (TPSA) is 44.1 Å². The quantitative estimate of drug-likeness (QED) is 0.690. The van der Waals surface area contributed by atoms with Crippen LogP contribution < -0.4 is 4.90 Å². The molecule has 0 bridgehead atoms. The third kappa shape index (κ3) is 1.84. The smallest absolute Gasteiger partial charge is 0.170 e. The number of nitriles is 1. The van der Waals surface area contributed by atoms with E-state index in [0.29, 0.717) is 13.1 Å². The average Bonchev–Trinajstić information content (AvgIpc) is 2.60. The maximum atomic E-state index is 11.4. The lowest BCUT2D eigenvalue weighted by atomic mass is 10.1. The lowest BCUT2D eigenvalue weighted by Crippen LogP contribution is -2.19. The largest absolute Gasteiger partial charge is 0.362 e. The van der Waals surface area contributed by atoms with E-state index in [9.17, 15) is 4.79 Å². The summed E-state index contributed by atoms with van der Waals surface area (Å²) in [6.45, 7) is 2.91. The number of carbonyl (C=O) groups is 1. The summed E-state index contributed by atoms with van der Waals surface area (Å²) >= 11 is 0. The molecule has 0 N–H and O–H groups in total. The molecule has 15 heavy (non-hydrogen) atoms. The maximum Gasteiger partial charge on any atom is 0.170 e. The van der Waals surface area contributed by atoms with Gasteiger partial charge in [-0.1, -0.05) is 12.1 Å². The van der Waals surface area contributed by atoms with E-state index in [0.717, 1.165) is 5.69 Å². The van der Waals surface area contributed by atoms with Crippen molar-refractivity contribution in [2.45, 2.75) is 6.92 Å². The molecule has 1 aliphatic rings. The van der Waals surface area contributed by atoms with Crippen LogP contribution in [0.25, 0.3) is 0 Å². The third-order valence-electron chi connectivity index (χ3n) is 2.66. The predicted octanol–water partition coefficient (Wildman–Crippen LogP) is 1.52. The van der Waals surface area contributed by atoms with Gasteiger partial charge in [0.2, 0.25) is 0 Å². The summed E-state index contributed by atoms with van der Waals surface area (Å²) in [4.78, 5) is 13.4. The average molecular weight is 200 g/mol. The molecule has 0 spiro atoms. The Morgan fingerprint density at radius 2 is 2.33 bits per heavy atom. The lowest BCUT2D eigenvalue weighted by Gasteiger charge is -2.16. The Morgan fingerprint density at radius 3 is 2.93 bits per heavy atom. The Bertz CT molecular complexity index is 433. The van der Waals surface area contributed by atoms with Gasteiger partial charge >= 0.3 is 0 Å². The minimum atomic E-state index is -0.453. The first-order valence-corrected chi connectivity index (χ1v) is 4.94. The first-order chi connectivity index (χ1) is 7.20. The van der Waals surface area contributed by atoms with Crippen molar-refractivity contribution < 1.29 is 4.79 Å². The summed E-state index contributed by atoms with van der Waals surface area (Å²) in [7, 11) is 0. The van der Waals surface area contributed by atoms with Crippen molar-refractivity contribution in [3.63, 3.8) is 0 Å². The second-order valence-corrected chi connectivity index (χ2v) is 3.87. The highest BCUT2D eigenvalue weighted by Crippen LogP contribution is 2.22. The zero-order chi connectivity index (χ0) is 10.8. The lowest BCUT2D eigenvalue weighted by molar-refractivity contribution is -0.118. The summed E-state index contributed by atoms with van der Waals surface area (Å²) in [6, 6.07) is 10.0. The van der Waals surface area contributed by atoms with Gasteiger partial charge in [-0.15, -0.1) is 0 Å². The van der Waals surface area contributed by atoms with Crippen molar-refractivity contribution in [2.75, 3.05) is 18.0 Å². The van der Waals surface area contributed by atoms with Crippen LogP contribution in [-0.4, -0.2) is 18.9 Å². The van der Waals surface area contributed by atoms with Gasteiger partial charge in [0.25, 0.3) is 0 Å². The number of hydrogen-bond acceptors (Lipinski definition) is 3. The Kier molecular flexibility index (Phi) is 2.42. The summed E-state index contributed by atoms with van der Waals surface area (Å²) in [6.07, 6.45) is 0. The zero-order valence-electron chi connectivity index (χ0n) is 8.60. The molecule has 1 aromatic carbocycles. The number of anilines is 1. The summed E-state index contributed by atoms with van der Waals surface area (Å²) in [5, 5.41) is 8.76. The Labute approximate surface area is 88.9 Å². The number of aryl methyl sites for hydroxylation is 1. The fourth-order valence-corrected chi connectivity index (χ4v) is 1.82. The van der Waals surface area contributed by atoms with E-state index >= 15 is 0 Å². The Morgan fingerprint density at radius 1 is 1.53 bits per heavy atom. The molecule has 0 radical (unpaired) electrons. The summed E-state index contributed by atoms with van der Waals surface area (Å²) < 4.78 is 0. The van der Waals surface area contributed by atoms with Crippen LogP contribution in [0.4, 0.5) is 5.69 Å². The number of rotatable bonds is 1. The molecule has 76 valence electrons. The Hall–Kier alpha value is -1.82. The van der Waals surface area contributed by atoms with E-state index < -0.39 is 5.92 Å². The van der Waals surface area contributed by atoms with Gasteiger partial charge in [-0.3, -0.25) is 4.79 Å². The van der Waals surface area contributed by atoms with Crippen LogP contribution in [0.3, 0.4) is 0 Å². The number of nitrogens with zero attached hydrogens (tertiary/aromatic N) is 2. The van der Waals surface area contributed by atoms with E-state index in [1.807, 2.05) is 42.2 Å². The van der Waals surface area contributed by atoms with Crippen molar-refractivity contribution in [3.8, 4) is 6.07 Å². The van der Waals surface area contributed by atoms with Crippen LogP contribution in [0.2, 0.25) is 0 Å². The molecule has 1 saturated heterocycles. The predicted molar refractivity (Wildman–Crippen MR) is 57.5 cm³/mol. The third-order valence-corrected chi connectivity index (χ3v) is 2.66. The summed E-state index contributed by atoms with van der Waals surface area (Å²) in [5.74, 6) is -0.426.